The number of nitrogens with two attached hydrogens (primary N) is 1. The summed E-state index contributed by atoms with van der Waals surface area (Å²) in [6, 6.07) is 0. The van der Waals surface area contributed by atoms with Crippen molar-refractivity contribution in [3.8, 4) is 0 Å². The number of carbonyl (C=O) groups excluding carboxylic acids is 1. The highest BCUT2D eigenvalue weighted by Gasteiger charge is 2.41. The number of esters is 1. The van der Waals surface area contributed by atoms with E-state index in [4.69, 9.17) is 10.5 Å². The van der Waals surface area contributed by atoms with Crippen LogP contribution in [-0.4, -0.2) is 18.1 Å². The molecule has 0 aromatic heterocycles. The van der Waals surface area contributed by atoms with E-state index in [1.807, 2.05) is 0 Å². The minimum Gasteiger partial charge on any atom is -0.464 e. The van der Waals surface area contributed by atoms with Crippen molar-refractivity contribution in [3.63, 3.8) is 0 Å². The predicted molar refractivity (Wildman–Crippen MR) is 70.1 cm³/mol. The highest BCUT2D eigenvalue weighted by molar-refractivity contribution is 5.85. The van der Waals surface area contributed by atoms with Crippen molar-refractivity contribution in [3.05, 3.63) is 0 Å². The smallest absolute Gasteiger partial charge is 0.325 e. The quantitative estimate of drug-likeness (QED) is 0.795. The fourth-order valence-electron chi connectivity index (χ4n) is 2.96. The number of fused-ring (bicyclic) bond motifs is 3. The zero-order chi connectivity index (χ0) is 11.8. The average Bonchev–Trinajstić information content (AvgIpc) is 2.27. The molecule has 17 heavy (non-hydrogen) atoms. The molecule has 2 N–H and O–H groups in total. The number of rotatable bonds is 3. The largest absolute Gasteiger partial charge is 0.464 e. The number of halogens is 1. The van der Waals surface area contributed by atoms with Gasteiger partial charge in [0.25, 0.3) is 0 Å². The van der Waals surface area contributed by atoms with Crippen LogP contribution in [0.25, 0.3) is 0 Å². The zero-order valence-corrected chi connectivity index (χ0v) is 11.6. The van der Waals surface area contributed by atoms with Gasteiger partial charge in [0.1, 0.15) is 5.54 Å². The van der Waals surface area contributed by atoms with E-state index in [1.165, 1.54) is 38.5 Å². The van der Waals surface area contributed by atoms with Gasteiger partial charge in [-0.15, -0.1) is 12.4 Å². The lowest BCUT2D eigenvalue weighted by Gasteiger charge is -2.46. The molecule has 3 saturated carbocycles. The molecule has 0 amide bonds. The van der Waals surface area contributed by atoms with Crippen LogP contribution in [0.5, 0.6) is 0 Å². The van der Waals surface area contributed by atoms with Crippen molar-refractivity contribution in [2.75, 3.05) is 6.61 Å². The van der Waals surface area contributed by atoms with Crippen LogP contribution in [0.3, 0.4) is 0 Å². The molecular formula is C13H24ClNO2. The van der Waals surface area contributed by atoms with E-state index in [-0.39, 0.29) is 23.8 Å². The van der Waals surface area contributed by atoms with Gasteiger partial charge in [-0.25, -0.2) is 0 Å². The maximum absolute atomic E-state index is 11.6. The van der Waals surface area contributed by atoms with Crippen molar-refractivity contribution in [2.45, 2.75) is 57.9 Å². The van der Waals surface area contributed by atoms with Crippen LogP contribution in [0.1, 0.15) is 52.4 Å². The second-order valence-corrected chi connectivity index (χ2v) is 6.28. The lowest BCUT2D eigenvalue weighted by Crippen LogP contribution is -2.45. The minimum atomic E-state index is -0.859. The Morgan fingerprint density at radius 1 is 1.29 bits per heavy atom. The van der Waals surface area contributed by atoms with Crippen LogP contribution in [0.4, 0.5) is 0 Å². The summed E-state index contributed by atoms with van der Waals surface area (Å²) >= 11 is 0. The van der Waals surface area contributed by atoms with Gasteiger partial charge >= 0.3 is 5.97 Å². The van der Waals surface area contributed by atoms with Gasteiger partial charge in [-0.3, -0.25) is 4.79 Å². The van der Waals surface area contributed by atoms with Crippen LogP contribution in [0, 0.1) is 11.3 Å². The fraction of sp³-hybridized carbons (Fsp3) is 0.923. The van der Waals surface area contributed by atoms with Crippen molar-refractivity contribution < 1.29 is 9.53 Å². The Morgan fingerprint density at radius 2 is 1.76 bits per heavy atom. The summed E-state index contributed by atoms with van der Waals surface area (Å²) in [5, 5.41) is 0. The fourth-order valence-corrected chi connectivity index (χ4v) is 2.96. The third-order valence-corrected chi connectivity index (χ3v) is 4.28. The molecule has 0 aromatic carbocycles. The maximum Gasteiger partial charge on any atom is 0.325 e. The molecule has 0 aromatic rings. The van der Waals surface area contributed by atoms with Crippen LogP contribution in [0.2, 0.25) is 0 Å². The van der Waals surface area contributed by atoms with Gasteiger partial charge in [0.05, 0.1) is 6.61 Å². The SMILES string of the molecule is CC(C)(N)C(=O)OCC12CCC(CC1)CC2.Cl. The monoisotopic (exact) mass is 261 g/mol. The Morgan fingerprint density at radius 3 is 2.18 bits per heavy atom. The number of hydrogen-bond acceptors (Lipinski definition) is 3. The summed E-state index contributed by atoms with van der Waals surface area (Å²) in [5.74, 6) is 0.679. The van der Waals surface area contributed by atoms with Crippen molar-refractivity contribution >= 4 is 18.4 Å². The summed E-state index contributed by atoms with van der Waals surface area (Å²) in [6.07, 6.45) is 7.67. The first-order chi connectivity index (χ1) is 7.41. The van der Waals surface area contributed by atoms with Crippen molar-refractivity contribution in [2.24, 2.45) is 17.1 Å². The Bertz CT molecular complexity index is 264. The van der Waals surface area contributed by atoms with Gasteiger partial charge in [0.15, 0.2) is 0 Å². The summed E-state index contributed by atoms with van der Waals surface area (Å²) in [7, 11) is 0. The molecule has 0 unspecified atom stereocenters. The molecule has 0 atom stereocenters. The van der Waals surface area contributed by atoms with Gasteiger partial charge < -0.3 is 10.5 Å². The lowest BCUT2D eigenvalue weighted by molar-refractivity contribution is -0.155. The molecule has 0 radical (unpaired) electrons. The Hall–Kier alpha value is -0.280. The number of carbonyl (C=O) groups is 1. The molecule has 0 heterocycles. The molecular weight excluding hydrogens is 238 g/mol. The van der Waals surface area contributed by atoms with Gasteiger partial charge in [0, 0.05) is 5.41 Å². The number of ether oxygens (including phenoxy) is 1. The molecule has 4 heteroatoms. The van der Waals surface area contributed by atoms with Gasteiger partial charge in [-0.1, -0.05) is 0 Å². The first-order valence-electron chi connectivity index (χ1n) is 6.37. The normalized spacial score (nSPS) is 31.8. The molecule has 2 bridgehead atoms. The molecule has 3 nitrogen and oxygen atoms in total. The molecule has 0 aliphatic heterocycles. The van der Waals surface area contributed by atoms with Crippen LogP contribution < -0.4 is 5.73 Å². The molecule has 3 aliphatic carbocycles. The minimum absolute atomic E-state index is 0. The topological polar surface area (TPSA) is 52.3 Å². The highest BCUT2D eigenvalue weighted by Crippen LogP contribution is 2.50. The third kappa shape index (κ3) is 3.35. The Kier molecular flexibility index (Phi) is 4.48. The van der Waals surface area contributed by atoms with E-state index >= 15 is 0 Å². The van der Waals surface area contributed by atoms with E-state index in [2.05, 4.69) is 0 Å². The van der Waals surface area contributed by atoms with Gasteiger partial charge in [0.2, 0.25) is 0 Å². The Labute approximate surface area is 110 Å². The standard InChI is InChI=1S/C13H23NO2.ClH/c1-12(2,14)11(15)16-9-13-6-3-10(4-7-13)5-8-13;/h10H,3-9,14H2,1-2H3;1H. The highest BCUT2D eigenvalue weighted by atomic mass is 35.5. The lowest BCUT2D eigenvalue weighted by atomic mass is 9.61. The van der Waals surface area contributed by atoms with Crippen molar-refractivity contribution in [1.29, 1.82) is 0 Å². The second-order valence-electron chi connectivity index (χ2n) is 6.28. The second kappa shape index (κ2) is 5.15. The van der Waals surface area contributed by atoms with Gasteiger partial charge in [-0.2, -0.15) is 0 Å². The molecule has 3 rings (SSSR count). The maximum atomic E-state index is 11.6. The van der Waals surface area contributed by atoms with Crippen LogP contribution >= 0.6 is 12.4 Å². The Balaban J connectivity index is 0.00000144. The predicted octanol–water partition coefficient (Wildman–Crippen LogP) is 2.66. The number of hydrogen-bond donors (Lipinski definition) is 1. The van der Waals surface area contributed by atoms with Crippen molar-refractivity contribution in [1.82, 2.24) is 0 Å². The molecule has 100 valence electrons. The van der Waals surface area contributed by atoms with Crippen LogP contribution in [0.15, 0.2) is 0 Å². The van der Waals surface area contributed by atoms with E-state index < -0.39 is 5.54 Å². The van der Waals surface area contributed by atoms with E-state index in [0.717, 1.165) is 5.92 Å². The summed E-state index contributed by atoms with van der Waals surface area (Å²) < 4.78 is 5.40. The first kappa shape index (κ1) is 14.8. The molecule has 0 saturated heterocycles. The average molecular weight is 262 g/mol. The van der Waals surface area contributed by atoms with Gasteiger partial charge in [-0.05, 0) is 58.3 Å². The molecule has 3 fully saturated rings. The third-order valence-electron chi connectivity index (χ3n) is 4.28. The molecule has 0 spiro atoms. The zero-order valence-electron chi connectivity index (χ0n) is 10.8. The van der Waals surface area contributed by atoms with Crippen LogP contribution in [-0.2, 0) is 9.53 Å². The summed E-state index contributed by atoms with van der Waals surface area (Å²) in [4.78, 5) is 11.6. The van der Waals surface area contributed by atoms with E-state index in [0.29, 0.717) is 6.61 Å². The summed E-state index contributed by atoms with van der Waals surface area (Å²) in [5.41, 5.74) is 5.14. The van der Waals surface area contributed by atoms with E-state index in [9.17, 15) is 4.79 Å². The first-order valence-corrected chi connectivity index (χ1v) is 6.37. The summed E-state index contributed by atoms with van der Waals surface area (Å²) in [6.45, 7) is 3.98. The molecule has 3 aliphatic rings. The van der Waals surface area contributed by atoms with E-state index in [1.54, 1.807) is 13.8 Å².